The molecule has 0 aromatic heterocycles. The molecule has 41 heavy (non-hydrogen) atoms. The van der Waals surface area contributed by atoms with Gasteiger partial charge in [-0.05, 0) is 101 Å². The zero-order valence-electron chi connectivity index (χ0n) is 24.0. The van der Waals surface area contributed by atoms with Crippen molar-refractivity contribution in [3.8, 4) is 5.75 Å². The van der Waals surface area contributed by atoms with Crippen LogP contribution in [0.4, 0.5) is 0 Å². The molecule has 7 atom stereocenters. The predicted octanol–water partition coefficient (Wildman–Crippen LogP) is 6.52. The van der Waals surface area contributed by atoms with E-state index in [4.69, 9.17) is 40.4 Å². The van der Waals surface area contributed by atoms with Gasteiger partial charge in [0, 0.05) is 31.1 Å². The van der Waals surface area contributed by atoms with E-state index in [2.05, 4.69) is 6.08 Å². The van der Waals surface area contributed by atoms with Gasteiger partial charge in [-0.2, -0.15) is 0 Å². The first-order chi connectivity index (χ1) is 20.0. The molecule has 2 N–H and O–H groups in total. The second-order valence-corrected chi connectivity index (χ2v) is 11.9. The molecule has 2 unspecified atom stereocenters. The highest BCUT2D eigenvalue weighted by atomic mass is 35.5. The third-order valence-electron chi connectivity index (χ3n) is 8.33. The van der Waals surface area contributed by atoms with Crippen LogP contribution in [0.15, 0.2) is 36.4 Å². The van der Waals surface area contributed by atoms with E-state index >= 15 is 0 Å². The molecule has 1 aromatic rings. The number of hydrogen-bond donors (Lipinski definition) is 2. The highest BCUT2D eigenvalue weighted by molar-refractivity contribution is 6.30. The van der Waals surface area contributed by atoms with Crippen molar-refractivity contribution in [2.45, 2.75) is 114 Å². The molecule has 3 aliphatic rings. The molecule has 3 fully saturated rings. The van der Waals surface area contributed by atoms with Crippen LogP contribution in [-0.2, 0) is 23.7 Å². The molecule has 1 aromatic carbocycles. The van der Waals surface area contributed by atoms with Crippen LogP contribution in [0.1, 0.15) is 83.5 Å². The van der Waals surface area contributed by atoms with E-state index in [1.165, 1.54) is 0 Å². The second kappa shape index (κ2) is 17.4. The molecule has 4 rings (SSSR count). The predicted molar refractivity (Wildman–Crippen MR) is 156 cm³/mol. The molecule has 0 radical (unpaired) electrons. The monoisotopic (exact) mass is 594 g/mol. The SMILES string of the molecule is O=C(O)CCC/C=C\C[C@@H]1[C@@H](CC[C@H](COc2cccc(Cl)c2)OC2CCCCO2)[C@H](OC2CCCCO2)C[C@@H]1O. The number of aliphatic hydroxyl groups is 1. The summed E-state index contributed by atoms with van der Waals surface area (Å²) in [4.78, 5) is 10.8. The lowest BCUT2D eigenvalue weighted by Crippen LogP contribution is -2.34. The smallest absolute Gasteiger partial charge is 0.303 e. The number of hydrogen-bond acceptors (Lipinski definition) is 7. The summed E-state index contributed by atoms with van der Waals surface area (Å²) >= 11 is 6.16. The number of benzene rings is 1. The quantitative estimate of drug-likeness (QED) is 0.165. The van der Waals surface area contributed by atoms with Crippen molar-refractivity contribution in [1.82, 2.24) is 0 Å². The maximum atomic E-state index is 11.1. The lowest BCUT2D eigenvalue weighted by Gasteiger charge is -2.32. The van der Waals surface area contributed by atoms with Crippen LogP contribution in [0, 0.1) is 11.8 Å². The summed E-state index contributed by atoms with van der Waals surface area (Å²) in [5.74, 6) is 0.0985. The number of allylic oxidation sites excluding steroid dienone is 2. The minimum absolute atomic E-state index is 0.0414. The van der Waals surface area contributed by atoms with Crippen molar-refractivity contribution in [1.29, 1.82) is 0 Å². The molecule has 2 aliphatic heterocycles. The molecule has 8 nitrogen and oxygen atoms in total. The molecule has 1 saturated carbocycles. The van der Waals surface area contributed by atoms with Gasteiger partial charge in [0.05, 0.1) is 18.3 Å². The number of aliphatic hydroxyl groups excluding tert-OH is 1. The summed E-state index contributed by atoms with van der Waals surface area (Å²) in [5, 5.41) is 20.6. The van der Waals surface area contributed by atoms with E-state index in [1.54, 1.807) is 6.07 Å². The maximum absolute atomic E-state index is 11.1. The summed E-state index contributed by atoms with van der Waals surface area (Å²) < 4.78 is 30.8. The Balaban J connectivity index is 1.40. The Hall–Kier alpha value is -1.68. The number of aliphatic carboxylic acids is 1. The molecule has 2 heterocycles. The Bertz CT molecular complexity index is 930. The highest BCUT2D eigenvalue weighted by Crippen LogP contribution is 2.41. The van der Waals surface area contributed by atoms with E-state index in [-0.39, 0.29) is 43.0 Å². The van der Waals surface area contributed by atoms with E-state index in [9.17, 15) is 9.90 Å². The van der Waals surface area contributed by atoms with Crippen LogP contribution in [0.25, 0.3) is 0 Å². The average molecular weight is 595 g/mol. The fourth-order valence-corrected chi connectivity index (χ4v) is 6.32. The summed E-state index contributed by atoms with van der Waals surface area (Å²) in [6.45, 7) is 1.80. The van der Waals surface area contributed by atoms with Gasteiger partial charge in [-0.3, -0.25) is 4.79 Å². The zero-order valence-corrected chi connectivity index (χ0v) is 24.8. The molecule has 1 aliphatic carbocycles. The summed E-state index contributed by atoms with van der Waals surface area (Å²) in [6, 6.07) is 7.38. The standard InChI is InChI=1S/C32H47ClO8/c33-23-10-9-11-24(20-23)39-22-25(40-31-14-5-7-18-37-31)16-17-27-26(12-3-1-2-4-13-30(35)36)28(34)21-29(27)41-32-15-6-8-19-38-32/h1,3,9-11,20,25-29,31-32,34H,2,4-8,12-19,21-22H2,(H,35,36)/b3-1-/t25-,26-,27-,28+,29-,31?,32?/m1/s1. The van der Waals surface area contributed by atoms with Crippen molar-refractivity contribution >= 4 is 17.6 Å². The van der Waals surface area contributed by atoms with Gasteiger partial charge in [0.2, 0.25) is 0 Å². The summed E-state index contributed by atoms with van der Waals surface area (Å²) in [6.07, 6.45) is 13.3. The van der Waals surface area contributed by atoms with Crippen LogP contribution in [0.2, 0.25) is 5.02 Å². The molecule has 2 saturated heterocycles. The second-order valence-electron chi connectivity index (χ2n) is 11.5. The van der Waals surface area contributed by atoms with E-state index in [0.717, 1.165) is 57.8 Å². The first kappa shape index (κ1) is 32.2. The number of halogens is 1. The number of carbonyl (C=O) groups is 1. The number of rotatable bonds is 16. The Labute approximate surface area is 249 Å². The van der Waals surface area contributed by atoms with Crippen LogP contribution in [0.5, 0.6) is 5.75 Å². The molecule has 9 heteroatoms. The van der Waals surface area contributed by atoms with Crippen LogP contribution in [0.3, 0.4) is 0 Å². The van der Waals surface area contributed by atoms with Crippen LogP contribution >= 0.6 is 11.6 Å². The number of ether oxygens (including phenoxy) is 5. The maximum Gasteiger partial charge on any atom is 0.303 e. The third kappa shape index (κ3) is 11.2. The fourth-order valence-electron chi connectivity index (χ4n) is 6.14. The van der Waals surface area contributed by atoms with Crippen molar-refractivity contribution < 1.29 is 38.7 Å². The van der Waals surface area contributed by atoms with Gasteiger partial charge in [0.1, 0.15) is 12.4 Å². The van der Waals surface area contributed by atoms with E-state index in [1.807, 2.05) is 24.3 Å². The van der Waals surface area contributed by atoms with E-state index < -0.39 is 12.1 Å². The van der Waals surface area contributed by atoms with Crippen molar-refractivity contribution in [2.75, 3.05) is 19.8 Å². The molecule has 0 bridgehead atoms. The minimum atomic E-state index is -0.774. The van der Waals surface area contributed by atoms with Crippen molar-refractivity contribution in [3.05, 3.63) is 41.4 Å². The fraction of sp³-hybridized carbons (Fsp3) is 0.719. The van der Waals surface area contributed by atoms with Gasteiger partial charge < -0.3 is 33.9 Å². The van der Waals surface area contributed by atoms with Gasteiger partial charge in [-0.25, -0.2) is 0 Å². The molecule has 230 valence electrons. The normalized spacial score (nSPS) is 29.5. The van der Waals surface area contributed by atoms with Crippen LogP contribution in [-0.4, -0.2) is 66.9 Å². The third-order valence-corrected chi connectivity index (χ3v) is 8.57. The number of carboxylic acids is 1. The van der Waals surface area contributed by atoms with Crippen LogP contribution < -0.4 is 4.74 Å². The number of carboxylic acid groups (broad SMARTS) is 1. The molecule has 0 spiro atoms. The van der Waals surface area contributed by atoms with Gasteiger partial charge in [-0.1, -0.05) is 29.8 Å². The largest absolute Gasteiger partial charge is 0.491 e. The minimum Gasteiger partial charge on any atom is -0.491 e. The first-order valence-corrected chi connectivity index (χ1v) is 15.8. The Morgan fingerprint density at radius 2 is 1.85 bits per heavy atom. The van der Waals surface area contributed by atoms with Crippen molar-refractivity contribution in [3.63, 3.8) is 0 Å². The summed E-state index contributed by atoms with van der Waals surface area (Å²) in [5.41, 5.74) is 0. The van der Waals surface area contributed by atoms with Gasteiger partial charge in [-0.15, -0.1) is 0 Å². The van der Waals surface area contributed by atoms with Gasteiger partial charge in [0.25, 0.3) is 0 Å². The van der Waals surface area contributed by atoms with Crippen molar-refractivity contribution in [2.24, 2.45) is 11.8 Å². The Morgan fingerprint density at radius 3 is 2.56 bits per heavy atom. The highest BCUT2D eigenvalue weighted by Gasteiger charge is 2.43. The molecule has 0 amide bonds. The molecular weight excluding hydrogens is 548 g/mol. The first-order valence-electron chi connectivity index (χ1n) is 15.5. The van der Waals surface area contributed by atoms with Gasteiger partial charge in [0.15, 0.2) is 12.6 Å². The van der Waals surface area contributed by atoms with E-state index in [0.29, 0.717) is 49.9 Å². The van der Waals surface area contributed by atoms with Gasteiger partial charge >= 0.3 is 5.97 Å². The zero-order chi connectivity index (χ0) is 28.9. The average Bonchev–Trinajstić information content (AvgIpc) is 3.26. The molecular formula is C32H47ClO8. The number of unbranched alkanes of at least 4 members (excludes halogenated alkanes) is 1. The lowest BCUT2D eigenvalue weighted by atomic mass is 9.86. The Kier molecular flexibility index (Phi) is 13.7. The topological polar surface area (TPSA) is 104 Å². The Morgan fingerprint density at radius 1 is 1.07 bits per heavy atom. The lowest BCUT2D eigenvalue weighted by molar-refractivity contribution is -0.202. The summed E-state index contributed by atoms with van der Waals surface area (Å²) in [7, 11) is 0.